The SMILES string of the molecule is [Br+].[Cl-].[Cl-].[Na+]. The summed E-state index contributed by atoms with van der Waals surface area (Å²) in [6.07, 6.45) is 0. The largest absolute Gasteiger partial charge is 1.00 e. The molecule has 0 fully saturated rings. The van der Waals surface area contributed by atoms with E-state index in [4.69, 9.17) is 0 Å². The Labute approximate surface area is 70.6 Å². The summed E-state index contributed by atoms with van der Waals surface area (Å²) in [6.45, 7) is 0. The number of rotatable bonds is 0. The zero-order chi connectivity index (χ0) is 0. The number of halogens is 3. The number of hydrogen-bond donors (Lipinski definition) is 0. The topological polar surface area (TPSA) is 0 Å². The van der Waals surface area contributed by atoms with Crippen molar-refractivity contribution in [3.63, 3.8) is 0 Å². The maximum atomic E-state index is 0. The fourth-order valence-corrected chi connectivity index (χ4v) is 0. The minimum atomic E-state index is 0. The Balaban J connectivity index is 0. The van der Waals surface area contributed by atoms with E-state index in [1.165, 1.54) is 0 Å². The van der Waals surface area contributed by atoms with E-state index in [0.717, 1.165) is 0 Å². The second-order valence-corrected chi connectivity index (χ2v) is 0. The monoisotopic (exact) mass is 172 g/mol. The van der Waals surface area contributed by atoms with Gasteiger partial charge in [0.25, 0.3) is 0 Å². The Bertz CT molecular complexity index is 6.00. The van der Waals surface area contributed by atoms with Gasteiger partial charge in [-0.25, -0.2) is 0 Å². The molecule has 0 aromatic carbocycles. The fraction of sp³-hybridized carbons (Fsp3) is 0. The average molecular weight is 174 g/mol. The summed E-state index contributed by atoms with van der Waals surface area (Å²) in [5.41, 5.74) is 0. The summed E-state index contributed by atoms with van der Waals surface area (Å²) < 4.78 is 0. The van der Waals surface area contributed by atoms with Crippen LogP contribution < -0.4 is 54.4 Å². The molecule has 0 saturated carbocycles. The molecule has 4 heteroatoms. The molecule has 22 valence electrons. The second-order valence-electron chi connectivity index (χ2n) is 0. The van der Waals surface area contributed by atoms with E-state index in [-0.39, 0.29) is 71.4 Å². The summed E-state index contributed by atoms with van der Waals surface area (Å²) in [5, 5.41) is 0. The van der Waals surface area contributed by atoms with Crippen molar-refractivity contribution in [2.75, 3.05) is 0 Å². The van der Waals surface area contributed by atoms with Crippen LogP contribution in [0.3, 0.4) is 0 Å². The van der Waals surface area contributed by atoms with E-state index in [0.29, 0.717) is 0 Å². The Morgan fingerprint density at radius 1 is 0.750 bits per heavy atom. The van der Waals surface area contributed by atoms with Gasteiger partial charge >= 0.3 is 46.5 Å². The molecular weight excluding hydrogens is 174 g/mol. The van der Waals surface area contributed by atoms with E-state index in [1.54, 1.807) is 0 Å². The van der Waals surface area contributed by atoms with Crippen molar-refractivity contribution >= 4 is 0 Å². The summed E-state index contributed by atoms with van der Waals surface area (Å²) >= 11 is 0. The van der Waals surface area contributed by atoms with Crippen molar-refractivity contribution in [2.24, 2.45) is 0 Å². The van der Waals surface area contributed by atoms with Crippen molar-refractivity contribution in [1.82, 2.24) is 0 Å². The maximum Gasteiger partial charge on any atom is 1.00 e. The molecule has 0 nitrogen and oxygen atoms in total. The van der Waals surface area contributed by atoms with Crippen LogP contribution in [0.5, 0.6) is 0 Å². The van der Waals surface area contributed by atoms with Crippen molar-refractivity contribution < 1.29 is 71.4 Å². The summed E-state index contributed by atoms with van der Waals surface area (Å²) in [7, 11) is 0. The normalized spacial score (nSPS) is 0. The van der Waals surface area contributed by atoms with Crippen LogP contribution in [-0.4, -0.2) is 0 Å². The van der Waals surface area contributed by atoms with Gasteiger partial charge in [0, 0.05) is 0 Å². The van der Waals surface area contributed by atoms with Crippen LogP contribution in [0.4, 0.5) is 0 Å². The molecule has 2 radical (unpaired) electrons. The fourth-order valence-electron chi connectivity index (χ4n) is 0. The molecule has 0 amide bonds. The van der Waals surface area contributed by atoms with Gasteiger partial charge in [-0.1, -0.05) is 0 Å². The van der Waals surface area contributed by atoms with Crippen LogP contribution in [-0.2, 0) is 0 Å². The van der Waals surface area contributed by atoms with Crippen molar-refractivity contribution in [1.29, 1.82) is 0 Å². The minimum absolute atomic E-state index is 0. The van der Waals surface area contributed by atoms with Crippen LogP contribution in [0, 0.1) is 17.0 Å². The van der Waals surface area contributed by atoms with E-state index in [9.17, 15) is 0 Å². The molecule has 0 saturated heterocycles. The van der Waals surface area contributed by atoms with Gasteiger partial charge in [0.15, 0.2) is 0 Å². The third-order valence-electron chi connectivity index (χ3n) is 0. The predicted molar refractivity (Wildman–Crippen MR) is 0 cm³/mol. The van der Waals surface area contributed by atoms with Gasteiger partial charge in [0.1, 0.15) is 0 Å². The summed E-state index contributed by atoms with van der Waals surface area (Å²) in [6, 6.07) is 0. The van der Waals surface area contributed by atoms with Gasteiger partial charge in [0.05, 0.1) is 0 Å². The first kappa shape index (κ1) is 36.6. The van der Waals surface area contributed by atoms with Crippen LogP contribution in [0.2, 0.25) is 0 Å². The molecule has 0 aliphatic carbocycles. The standard InChI is InChI=1S/Br.2ClH.Na/h;2*1H;/q+1;;;+1/p-2. The molecule has 0 bridgehead atoms. The minimum Gasteiger partial charge on any atom is -1.00 e. The van der Waals surface area contributed by atoms with Gasteiger partial charge in [-0.05, 0) is 0 Å². The first-order chi connectivity index (χ1) is 0. The van der Waals surface area contributed by atoms with Gasteiger partial charge < -0.3 is 24.8 Å². The average Bonchev–Trinajstić information content (AvgIpc) is 0. The van der Waals surface area contributed by atoms with Crippen LogP contribution in [0.25, 0.3) is 0 Å². The van der Waals surface area contributed by atoms with Gasteiger partial charge in [-0.2, -0.15) is 0 Å². The molecule has 0 aromatic rings. The Kier molecular flexibility index (Phi) is 180. The zero-order valence-electron chi connectivity index (χ0n) is 2.13. The molecule has 0 heterocycles. The van der Waals surface area contributed by atoms with E-state index in [2.05, 4.69) is 0 Å². The Hall–Kier alpha value is 2.06. The maximum absolute atomic E-state index is 0. The third kappa shape index (κ3) is 8.96. The molecule has 0 atom stereocenters. The van der Waals surface area contributed by atoms with Crippen LogP contribution in [0.1, 0.15) is 0 Å². The zero-order valence-corrected chi connectivity index (χ0v) is 7.23. The smallest absolute Gasteiger partial charge is 1.00 e. The second kappa shape index (κ2) is 19.7. The molecule has 0 aliphatic rings. The van der Waals surface area contributed by atoms with Crippen molar-refractivity contribution in [3.05, 3.63) is 0 Å². The van der Waals surface area contributed by atoms with Gasteiger partial charge in [0.2, 0.25) is 0 Å². The first-order valence-corrected chi connectivity index (χ1v) is 0. The van der Waals surface area contributed by atoms with Crippen LogP contribution in [0.15, 0.2) is 0 Å². The van der Waals surface area contributed by atoms with E-state index in [1.807, 2.05) is 0 Å². The van der Waals surface area contributed by atoms with E-state index >= 15 is 0 Å². The molecule has 0 aromatic heterocycles. The third-order valence-corrected chi connectivity index (χ3v) is 0. The summed E-state index contributed by atoms with van der Waals surface area (Å²) in [5.74, 6) is 0. The number of hydrogen-bond acceptors (Lipinski definition) is 0. The predicted octanol–water partition coefficient (Wildman–Crippen LogP) is -8.99. The quantitative estimate of drug-likeness (QED) is 0.320. The van der Waals surface area contributed by atoms with Crippen molar-refractivity contribution in [2.45, 2.75) is 0 Å². The summed E-state index contributed by atoms with van der Waals surface area (Å²) in [4.78, 5) is 0. The Morgan fingerprint density at radius 2 is 0.750 bits per heavy atom. The molecule has 0 rings (SSSR count). The van der Waals surface area contributed by atoms with Crippen molar-refractivity contribution in [3.8, 4) is 0 Å². The molecule has 0 N–H and O–H groups in total. The molecule has 4 heavy (non-hydrogen) atoms. The van der Waals surface area contributed by atoms with Crippen LogP contribution >= 0.6 is 0 Å². The molecule has 0 spiro atoms. The van der Waals surface area contributed by atoms with Gasteiger partial charge in [-0.3, -0.25) is 0 Å². The first-order valence-electron chi connectivity index (χ1n) is 0. The van der Waals surface area contributed by atoms with Gasteiger partial charge in [-0.15, -0.1) is 0 Å². The Morgan fingerprint density at radius 3 is 0.750 bits per heavy atom. The molecule has 0 unspecified atom stereocenters. The molecular formula is BrCl2Na. The molecule has 0 aliphatic heterocycles. The van der Waals surface area contributed by atoms with E-state index < -0.39 is 0 Å².